The zero-order valence-electron chi connectivity index (χ0n) is 13.1. The van der Waals surface area contributed by atoms with Crippen LogP contribution < -0.4 is 0 Å². The van der Waals surface area contributed by atoms with Gasteiger partial charge in [0.15, 0.2) is 10.9 Å². The smallest absolute Gasteiger partial charge is 0.175 e. The van der Waals surface area contributed by atoms with Crippen LogP contribution in [0.1, 0.15) is 17.3 Å². The highest BCUT2D eigenvalue weighted by atomic mass is 32.2. The van der Waals surface area contributed by atoms with Crippen molar-refractivity contribution in [2.75, 3.05) is 0 Å². The fourth-order valence-corrected chi connectivity index (χ4v) is 3.36. The highest BCUT2D eigenvalue weighted by Gasteiger charge is 2.19. The highest BCUT2D eigenvalue weighted by molar-refractivity contribution is 8.00. The zero-order valence-corrected chi connectivity index (χ0v) is 14.0. The number of aromatic nitrogens is 2. The summed E-state index contributed by atoms with van der Waals surface area (Å²) >= 11 is 1.49. The van der Waals surface area contributed by atoms with E-state index < -0.39 is 0 Å². The first-order chi connectivity index (χ1) is 11.2. The number of carbonyl (C=O) groups excluding carboxylic acids is 1. The molecule has 0 saturated carbocycles. The molecule has 0 amide bonds. The molecule has 0 aliphatic rings. The van der Waals surface area contributed by atoms with Crippen LogP contribution in [0.2, 0.25) is 0 Å². The lowest BCUT2D eigenvalue weighted by Crippen LogP contribution is -2.14. The van der Waals surface area contributed by atoms with E-state index in [0.29, 0.717) is 0 Å². The number of hydrogen-bond donors (Lipinski definition) is 0. The maximum atomic E-state index is 12.5. The van der Waals surface area contributed by atoms with Gasteiger partial charge in [-0.25, -0.2) is 4.98 Å². The summed E-state index contributed by atoms with van der Waals surface area (Å²) in [6, 6.07) is 19.5. The molecule has 0 aliphatic carbocycles. The predicted octanol–water partition coefficient (Wildman–Crippen LogP) is 4.45. The summed E-state index contributed by atoms with van der Waals surface area (Å²) in [5.41, 5.74) is 2.91. The van der Waals surface area contributed by atoms with Crippen LogP contribution in [-0.2, 0) is 7.05 Å². The molecule has 1 atom stereocenters. The fourth-order valence-electron chi connectivity index (χ4n) is 2.43. The molecule has 2 aromatic carbocycles. The first-order valence-electron chi connectivity index (χ1n) is 7.50. The van der Waals surface area contributed by atoms with E-state index in [0.717, 1.165) is 22.0 Å². The van der Waals surface area contributed by atoms with Gasteiger partial charge in [0.2, 0.25) is 0 Å². The maximum absolute atomic E-state index is 12.5. The molecule has 1 aromatic heterocycles. The summed E-state index contributed by atoms with van der Waals surface area (Å²) in [5, 5.41) is 0.669. The summed E-state index contributed by atoms with van der Waals surface area (Å²) < 4.78 is 2.04. The topological polar surface area (TPSA) is 34.9 Å². The Morgan fingerprint density at radius 2 is 1.65 bits per heavy atom. The molecule has 0 aliphatic heterocycles. The van der Waals surface area contributed by atoms with Gasteiger partial charge < -0.3 is 4.57 Å². The van der Waals surface area contributed by atoms with Gasteiger partial charge >= 0.3 is 0 Å². The minimum atomic E-state index is -0.179. The van der Waals surface area contributed by atoms with Gasteiger partial charge in [0.05, 0.1) is 17.1 Å². The van der Waals surface area contributed by atoms with Crippen molar-refractivity contribution in [1.29, 1.82) is 0 Å². The second-order valence-corrected chi connectivity index (χ2v) is 6.65. The minimum Gasteiger partial charge on any atom is -0.322 e. The Balaban J connectivity index is 1.79. The normalized spacial score (nSPS) is 12.1. The van der Waals surface area contributed by atoms with Crippen molar-refractivity contribution < 1.29 is 4.79 Å². The third kappa shape index (κ3) is 3.37. The lowest BCUT2D eigenvalue weighted by molar-refractivity contribution is 0.0994. The average Bonchev–Trinajstić information content (AvgIpc) is 2.96. The maximum Gasteiger partial charge on any atom is 0.175 e. The number of benzene rings is 2. The summed E-state index contributed by atoms with van der Waals surface area (Å²) in [6.07, 6.45) is 1.86. The van der Waals surface area contributed by atoms with Crippen molar-refractivity contribution in [1.82, 2.24) is 9.55 Å². The molecule has 23 heavy (non-hydrogen) atoms. The van der Waals surface area contributed by atoms with E-state index >= 15 is 0 Å². The Morgan fingerprint density at radius 1 is 1.04 bits per heavy atom. The molecule has 0 fully saturated rings. The number of nitrogens with zero attached hydrogens (tertiary/aromatic N) is 2. The summed E-state index contributed by atoms with van der Waals surface area (Å²) in [7, 11) is 1.98. The Labute approximate surface area is 140 Å². The Kier molecular flexibility index (Phi) is 4.63. The van der Waals surface area contributed by atoms with Crippen LogP contribution in [0.25, 0.3) is 11.3 Å². The van der Waals surface area contributed by atoms with Crippen molar-refractivity contribution in [3.63, 3.8) is 0 Å². The number of carbonyl (C=O) groups is 1. The van der Waals surface area contributed by atoms with Gasteiger partial charge in [-0.2, -0.15) is 0 Å². The van der Waals surface area contributed by atoms with Gasteiger partial charge in [-0.3, -0.25) is 4.79 Å². The van der Waals surface area contributed by atoms with Crippen LogP contribution in [0.15, 0.2) is 72.0 Å². The van der Waals surface area contributed by atoms with Crippen LogP contribution in [0.4, 0.5) is 0 Å². The zero-order chi connectivity index (χ0) is 16.2. The molecule has 0 spiro atoms. The van der Waals surface area contributed by atoms with Gasteiger partial charge in [0, 0.05) is 12.6 Å². The lowest BCUT2D eigenvalue weighted by atomic mass is 10.1. The van der Waals surface area contributed by atoms with E-state index in [1.54, 1.807) is 0 Å². The van der Waals surface area contributed by atoms with Crippen LogP contribution in [-0.4, -0.2) is 20.6 Å². The average molecular weight is 322 g/mol. The SMILES string of the molecule is CC(Sc1ncc(-c2ccccc2)n1C)C(=O)c1ccccc1. The quantitative estimate of drug-likeness (QED) is 0.514. The molecule has 1 unspecified atom stereocenters. The van der Waals surface area contributed by atoms with E-state index in [1.165, 1.54) is 11.8 Å². The standard InChI is InChI=1S/C19H18N2OS/c1-14(18(22)16-11-7-4-8-12-16)23-19-20-13-17(21(19)2)15-9-5-3-6-10-15/h3-14H,1-2H3. The third-order valence-electron chi connectivity index (χ3n) is 3.72. The molecule has 3 nitrogen and oxygen atoms in total. The van der Waals surface area contributed by atoms with Gasteiger partial charge in [-0.05, 0) is 12.5 Å². The number of ketones is 1. The molecule has 0 radical (unpaired) electrons. The molecule has 116 valence electrons. The van der Waals surface area contributed by atoms with E-state index in [1.807, 2.05) is 73.3 Å². The van der Waals surface area contributed by atoms with Crippen molar-refractivity contribution in [3.05, 3.63) is 72.4 Å². The predicted molar refractivity (Wildman–Crippen MR) is 94.7 cm³/mol. The second-order valence-electron chi connectivity index (χ2n) is 5.34. The molecular formula is C19H18N2OS. The second kappa shape index (κ2) is 6.84. The van der Waals surface area contributed by atoms with Crippen molar-refractivity contribution >= 4 is 17.5 Å². The Bertz CT molecular complexity index is 797. The van der Waals surface area contributed by atoms with Crippen LogP contribution in [0.5, 0.6) is 0 Å². The van der Waals surface area contributed by atoms with E-state index in [2.05, 4.69) is 17.1 Å². The first kappa shape index (κ1) is 15.6. The number of Topliss-reactive ketones (excluding diaryl/α,β-unsaturated/α-hetero) is 1. The Hall–Kier alpha value is -2.33. The molecule has 3 rings (SSSR count). The summed E-state index contributed by atoms with van der Waals surface area (Å²) in [6.45, 7) is 1.93. The molecule has 3 aromatic rings. The number of rotatable bonds is 5. The van der Waals surface area contributed by atoms with Crippen LogP contribution in [0.3, 0.4) is 0 Å². The summed E-state index contributed by atoms with van der Waals surface area (Å²) in [5.74, 6) is 0.125. The molecule has 4 heteroatoms. The number of imidazole rings is 1. The van der Waals surface area contributed by atoms with Crippen LogP contribution >= 0.6 is 11.8 Å². The van der Waals surface area contributed by atoms with Gasteiger partial charge in [0.25, 0.3) is 0 Å². The van der Waals surface area contributed by atoms with E-state index in [9.17, 15) is 4.79 Å². The highest BCUT2D eigenvalue weighted by Crippen LogP contribution is 2.28. The monoisotopic (exact) mass is 322 g/mol. The molecule has 1 heterocycles. The Morgan fingerprint density at radius 3 is 2.30 bits per heavy atom. The number of hydrogen-bond acceptors (Lipinski definition) is 3. The third-order valence-corrected chi connectivity index (χ3v) is 4.88. The fraction of sp³-hybridized carbons (Fsp3) is 0.158. The molecule has 0 saturated heterocycles. The lowest BCUT2D eigenvalue weighted by Gasteiger charge is -2.11. The van der Waals surface area contributed by atoms with Gasteiger partial charge in [0.1, 0.15) is 0 Å². The van der Waals surface area contributed by atoms with E-state index in [4.69, 9.17) is 0 Å². The van der Waals surface area contributed by atoms with Crippen molar-refractivity contribution in [3.8, 4) is 11.3 Å². The minimum absolute atomic E-state index is 0.125. The van der Waals surface area contributed by atoms with Crippen molar-refractivity contribution in [2.24, 2.45) is 7.05 Å². The van der Waals surface area contributed by atoms with Gasteiger partial charge in [-0.15, -0.1) is 0 Å². The molecular weight excluding hydrogens is 304 g/mol. The summed E-state index contributed by atoms with van der Waals surface area (Å²) in [4.78, 5) is 17.0. The van der Waals surface area contributed by atoms with E-state index in [-0.39, 0.29) is 11.0 Å². The largest absolute Gasteiger partial charge is 0.322 e. The van der Waals surface area contributed by atoms with Crippen molar-refractivity contribution in [2.45, 2.75) is 17.3 Å². The van der Waals surface area contributed by atoms with Gasteiger partial charge in [-0.1, -0.05) is 72.4 Å². The molecule has 0 bridgehead atoms. The number of thioether (sulfide) groups is 1. The molecule has 0 N–H and O–H groups in total. The van der Waals surface area contributed by atoms with Crippen LogP contribution in [0, 0.1) is 0 Å². The first-order valence-corrected chi connectivity index (χ1v) is 8.38.